The minimum atomic E-state index is -0.229. The van der Waals surface area contributed by atoms with Crippen molar-refractivity contribution >= 4 is 22.1 Å². The monoisotopic (exact) mass is 465 g/mol. The van der Waals surface area contributed by atoms with Crippen LogP contribution in [-0.2, 0) is 0 Å². The van der Waals surface area contributed by atoms with E-state index < -0.39 is 0 Å². The molecule has 0 heterocycles. The number of anilines is 2. The summed E-state index contributed by atoms with van der Waals surface area (Å²) in [7, 11) is 0. The van der Waals surface area contributed by atoms with Crippen molar-refractivity contribution in [1.82, 2.24) is 0 Å². The lowest BCUT2D eigenvalue weighted by molar-refractivity contribution is 0.628. The summed E-state index contributed by atoms with van der Waals surface area (Å²) in [6.45, 7) is 0. The molecular formula is C34H24FN. The number of hydrogen-bond donors (Lipinski definition) is 1. The fourth-order valence-corrected chi connectivity index (χ4v) is 4.83. The SMILES string of the molecule is Fc1cccc(-c2cccc3cccc(-c4ccc(Nc5ccccc5-c5ccccc5)cc4)c23)c1. The lowest BCUT2D eigenvalue weighted by atomic mass is 9.91. The van der Waals surface area contributed by atoms with Crippen LogP contribution in [0.2, 0.25) is 0 Å². The smallest absolute Gasteiger partial charge is 0.123 e. The zero-order chi connectivity index (χ0) is 24.3. The Morgan fingerprint density at radius 2 is 1.03 bits per heavy atom. The van der Waals surface area contributed by atoms with Crippen LogP contribution in [0.1, 0.15) is 0 Å². The Hall–Kier alpha value is -4.69. The van der Waals surface area contributed by atoms with E-state index >= 15 is 0 Å². The number of halogens is 1. The molecule has 2 heteroatoms. The van der Waals surface area contributed by atoms with Crippen molar-refractivity contribution in [2.45, 2.75) is 0 Å². The largest absolute Gasteiger partial charge is 0.355 e. The average Bonchev–Trinajstić information content (AvgIpc) is 2.94. The third-order valence-corrected chi connectivity index (χ3v) is 6.53. The minimum Gasteiger partial charge on any atom is -0.355 e. The second-order valence-electron chi connectivity index (χ2n) is 8.83. The predicted octanol–water partition coefficient (Wildman–Crippen LogP) is 9.72. The molecule has 0 bridgehead atoms. The maximum absolute atomic E-state index is 14.0. The van der Waals surface area contributed by atoms with Gasteiger partial charge in [0.25, 0.3) is 0 Å². The molecule has 0 saturated heterocycles. The summed E-state index contributed by atoms with van der Waals surface area (Å²) in [5, 5.41) is 5.85. The predicted molar refractivity (Wildman–Crippen MR) is 150 cm³/mol. The first-order valence-electron chi connectivity index (χ1n) is 12.1. The Labute approximate surface area is 210 Å². The minimum absolute atomic E-state index is 0.229. The molecule has 0 spiro atoms. The molecule has 0 aromatic heterocycles. The van der Waals surface area contributed by atoms with E-state index in [-0.39, 0.29) is 5.82 Å². The highest BCUT2D eigenvalue weighted by molar-refractivity contribution is 6.06. The van der Waals surface area contributed by atoms with Crippen molar-refractivity contribution in [3.63, 3.8) is 0 Å². The Balaban J connectivity index is 1.38. The van der Waals surface area contributed by atoms with E-state index in [0.717, 1.165) is 50.0 Å². The molecule has 6 aromatic rings. The highest BCUT2D eigenvalue weighted by Gasteiger charge is 2.11. The molecule has 6 rings (SSSR count). The maximum atomic E-state index is 14.0. The molecule has 0 aliphatic carbocycles. The zero-order valence-electron chi connectivity index (χ0n) is 19.7. The maximum Gasteiger partial charge on any atom is 0.123 e. The van der Waals surface area contributed by atoms with Gasteiger partial charge in [-0.1, -0.05) is 109 Å². The Morgan fingerprint density at radius 1 is 0.444 bits per heavy atom. The van der Waals surface area contributed by atoms with Crippen LogP contribution in [0, 0.1) is 5.82 Å². The fraction of sp³-hybridized carbons (Fsp3) is 0. The van der Waals surface area contributed by atoms with Crippen LogP contribution in [0.25, 0.3) is 44.2 Å². The van der Waals surface area contributed by atoms with Crippen molar-refractivity contribution in [2.24, 2.45) is 0 Å². The third kappa shape index (κ3) is 4.25. The first kappa shape index (κ1) is 21.8. The van der Waals surface area contributed by atoms with Gasteiger partial charge in [0.2, 0.25) is 0 Å². The molecule has 0 unspecified atom stereocenters. The van der Waals surface area contributed by atoms with Gasteiger partial charge in [0.05, 0.1) is 0 Å². The number of nitrogens with one attached hydrogen (secondary N) is 1. The van der Waals surface area contributed by atoms with Crippen LogP contribution >= 0.6 is 0 Å². The van der Waals surface area contributed by atoms with Crippen LogP contribution in [0.3, 0.4) is 0 Å². The Morgan fingerprint density at radius 3 is 1.78 bits per heavy atom. The van der Waals surface area contributed by atoms with Gasteiger partial charge >= 0.3 is 0 Å². The van der Waals surface area contributed by atoms with Crippen LogP contribution in [0.5, 0.6) is 0 Å². The van der Waals surface area contributed by atoms with Crippen molar-refractivity contribution in [3.8, 4) is 33.4 Å². The molecule has 1 N–H and O–H groups in total. The second kappa shape index (κ2) is 9.52. The first-order valence-corrected chi connectivity index (χ1v) is 12.1. The van der Waals surface area contributed by atoms with E-state index in [4.69, 9.17) is 0 Å². The highest BCUT2D eigenvalue weighted by atomic mass is 19.1. The van der Waals surface area contributed by atoms with Gasteiger partial charge in [0.1, 0.15) is 5.82 Å². The summed E-state index contributed by atoms with van der Waals surface area (Å²) in [6.07, 6.45) is 0. The van der Waals surface area contributed by atoms with Crippen molar-refractivity contribution in [2.75, 3.05) is 5.32 Å². The van der Waals surface area contributed by atoms with Crippen LogP contribution < -0.4 is 5.32 Å². The molecule has 0 fully saturated rings. The summed E-state index contributed by atoms with van der Waals surface area (Å²) < 4.78 is 14.0. The molecular weight excluding hydrogens is 441 g/mol. The summed E-state index contributed by atoms with van der Waals surface area (Å²) in [4.78, 5) is 0. The molecule has 0 atom stereocenters. The van der Waals surface area contributed by atoms with Gasteiger partial charge in [-0.05, 0) is 68.9 Å². The van der Waals surface area contributed by atoms with Crippen LogP contribution in [0.15, 0.2) is 140 Å². The van der Waals surface area contributed by atoms with E-state index in [1.165, 1.54) is 11.6 Å². The Bertz CT molecular complexity index is 1650. The van der Waals surface area contributed by atoms with Crippen LogP contribution in [0.4, 0.5) is 15.8 Å². The number of fused-ring (bicyclic) bond motifs is 1. The van der Waals surface area contributed by atoms with Gasteiger partial charge in [-0.2, -0.15) is 0 Å². The molecule has 0 aliphatic rings. The molecule has 0 saturated carbocycles. The molecule has 172 valence electrons. The van der Waals surface area contributed by atoms with Gasteiger partial charge in [-0.15, -0.1) is 0 Å². The highest BCUT2D eigenvalue weighted by Crippen LogP contribution is 2.37. The van der Waals surface area contributed by atoms with Gasteiger partial charge in [-0.3, -0.25) is 0 Å². The lowest BCUT2D eigenvalue weighted by Gasteiger charge is -2.15. The molecule has 0 aliphatic heterocycles. The molecule has 1 nitrogen and oxygen atoms in total. The topological polar surface area (TPSA) is 12.0 Å². The summed E-state index contributed by atoms with van der Waals surface area (Å²) in [6, 6.07) is 46.6. The third-order valence-electron chi connectivity index (χ3n) is 6.53. The number of hydrogen-bond acceptors (Lipinski definition) is 1. The van der Waals surface area contributed by atoms with Gasteiger partial charge < -0.3 is 5.32 Å². The summed E-state index contributed by atoms with van der Waals surface area (Å²) in [5.41, 5.74) is 8.58. The summed E-state index contributed by atoms with van der Waals surface area (Å²) in [5.74, 6) is -0.229. The quantitative estimate of drug-likeness (QED) is 0.267. The van der Waals surface area contributed by atoms with E-state index in [2.05, 4.69) is 102 Å². The second-order valence-corrected chi connectivity index (χ2v) is 8.83. The lowest BCUT2D eigenvalue weighted by Crippen LogP contribution is -1.93. The van der Waals surface area contributed by atoms with Crippen molar-refractivity contribution < 1.29 is 4.39 Å². The number of rotatable bonds is 5. The van der Waals surface area contributed by atoms with Gasteiger partial charge in [0.15, 0.2) is 0 Å². The van der Waals surface area contributed by atoms with E-state index in [1.807, 2.05) is 24.3 Å². The van der Waals surface area contributed by atoms with E-state index in [9.17, 15) is 4.39 Å². The van der Waals surface area contributed by atoms with Crippen molar-refractivity contribution in [1.29, 1.82) is 0 Å². The molecule has 0 radical (unpaired) electrons. The van der Waals surface area contributed by atoms with E-state index in [0.29, 0.717) is 0 Å². The van der Waals surface area contributed by atoms with E-state index in [1.54, 1.807) is 12.1 Å². The normalized spacial score (nSPS) is 10.9. The zero-order valence-corrected chi connectivity index (χ0v) is 19.7. The fourth-order valence-electron chi connectivity index (χ4n) is 4.83. The van der Waals surface area contributed by atoms with Gasteiger partial charge in [-0.25, -0.2) is 4.39 Å². The number of benzene rings is 6. The standard InChI is InChI=1S/C34H24FN/c35-28-14-6-13-27(23-28)32-17-8-12-26-11-7-16-31(34(26)32)25-19-21-29(22-20-25)36-33-18-5-4-15-30(33)24-9-2-1-3-10-24/h1-23,36H. The first-order chi connectivity index (χ1) is 17.8. The molecule has 36 heavy (non-hydrogen) atoms. The van der Waals surface area contributed by atoms with Crippen molar-refractivity contribution in [3.05, 3.63) is 145 Å². The van der Waals surface area contributed by atoms with Crippen LogP contribution in [-0.4, -0.2) is 0 Å². The van der Waals surface area contributed by atoms with Gasteiger partial charge in [0, 0.05) is 16.9 Å². The Kier molecular flexibility index (Phi) is 5.77. The molecule has 6 aromatic carbocycles. The summed E-state index contributed by atoms with van der Waals surface area (Å²) >= 11 is 0. The number of para-hydroxylation sites is 1. The average molecular weight is 466 g/mol. The molecule has 0 amide bonds.